The fourth-order valence-electron chi connectivity index (χ4n) is 10.8. The molecule has 292 valence electrons. The van der Waals surface area contributed by atoms with E-state index in [1.165, 1.54) is 12.2 Å². The van der Waals surface area contributed by atoms with Crippen molar-refractivity contribution >= 4 is 17.9 Å². The van der Waals surface area contributed by atoms with Gasteiger partial charge >= 0.3 is 17.9 Å². The largest absolute Gasteiger partial charge is 0.462 e. The van der Waals surface area contributed by atoms with Gasteiger partial charge in [0.1, 0.15) is 28.6 Å². The van der Waals surface area contributed by atoms with Crippen molar-refractivity contribution in [2.75, 3.05) is 6.61 Å². The highest BCUT2D eigenvalue weighted by molar-refractivity contribution is 5.87. The monoisotopic (exact) mass is 742 g/mol. The van der Waals surface area contributed by atoms with Crippen LogP contribution in [-0.2, 0) is 44.5 Å². The number of hydrogen-bond donors (Lipinski definition) is 0. The molecular formula is C45H58O9. The van der Waals surface area contributed by atoms with Gasteiger partial charge in [0.05, 0.1) is 6.10 Å². The van der Waals surface area contributed by atoms with Crippen molar-refractivity contribution in [1.82, 2.24) is 0 Å². The molecule has 1 aliphatic heterocycles. The highest BCUT2D eigenvalue weighted by Crippen LogP contribution is 2.55. The van der Waals surface area contributed by atoms with E-state index in [0.717, 1.165) is 101 Å². The Morgan fingerprint density at radius 3 is 2.04 bits per heavy atom. The lowest BCUT2D eigenvalue weighted by atomic mass is 9.70. The van der Waals surface area contributed by atoms with E-state index >= 15 is 0 Å². The Morgan fingerprint density at radius 2 is 1.39 bits per heavy atom. The van der Waals surface area contributed by atoms with Crippen LogP contribution in [0, 0.1) is 11.8 Å². The molecule has 4 aliphatic carbocycles. The summed E-state index contributed by atoms with van der Waals surface area (Å²) in [6.45, 7) is 13.6. The summed E-state index contributed by atoms with van der Waals surface area (Å²) in [6, 6.07) is 7.97. The normalized spacial score (nSPS) is 29.6. The molecule has 3 heterocycles. The lowest BCUT2D eigenvalue weighted by molar-refractivity contribution is -0.197. The molecule has 4 saturated carbocycles. The summed E-state index contributed by atoms with van der Waals surface area (Å²) in [5.41, 5.74) is -2.17. The van der Waals surface area contributed by atoms with Crippen molar-refractivity contribution in [3.8, 4) is 0 Å². The van der Waals surface area contributed by atoms with Crippen LogP contribution in [0.3, 0.4) is 0 Å². The molecule has 0 spiro atoms. The zero-order chi connectivity index (χ0) is 37.9. The average molecular weight is 743 g/mol. The number of carbonyl (C=O) groups is 3. The first-order chi connectivity index (χ1) is 26.1. The minimum atomic E-state index is -1.01. The second-order valence-corrected chi connectivity index (χ2v) is 16.7. The lowest BCUT2D eigenvalue weighted by Gasteiger charge is -2.46. The van der Waals surface area contributed by atoms with Gasteiger partial charge in [0.15, 0.2) is 11.2 Å². The van der Waals surface area contributed by atoms with Crippen LogP contribution in [0.2, 0.25) is 0 Å². The molecule has 0 N–H and O–H groups in total. The number of carbonyl (C=O) groups excluding carboxylic acids is 3. The lowest BCUT2D eigenvalue weighted by Crippen LogP contribution is -2.56. The van der Waals surface area contributed by atoms with E-state index in [-0.39, 0.29) is 35.7 Å². The van der Waals surface area contributed by atoms with Gasteiger partial charge in [0.25, 0.3) is 0 Å². The second kappa shape index (κ2) is 16.1. The van der Waals surface area contributed by atoms with Gasteiger partial charge in [-0.3, -0.25) is 0 Å². The van der Waals surface area contributed by atoms with Crippen molar-refractivity contribution in [2.24, 2.45) is 11.8 Å². The molecule has 6 unspecified atom stereocenters. The van der Waals surface area contributed by atoms with Crippen molar-refractivity contribution in [2.45, 2.75) is 157 Å². The summed E-state index contributed by atoms with van der Waals surface area (Å²) in [5.74, 6) is 2.14. The molecule has 5 aliphatic rings. The smallest absolute Gasteiger partial charge is 0.334 e. The van der Waals surface area contributed by atoms with Crippen LogP contribution in [0.5, 0.6) is 0 Å². The van der Waals surface area contributed by atoms with Crippen LogP contribution in [0.25, 0.3) is 0 Å². The van der Waals surface area contributed by atoms with Crippen LogP contribution < -0.4 is 0 Å². The minimum absolute atomic E-state index is 0.0523. The maximum atomic E-state index is 13.3. The highest BCUT2D eigenvalue weighted by Gasteiger charge is 2.58. The Morgan fingerprint density at radius 1 is 0.722 bits per heavy atom. The molecule has 2 aromatic rings. The molecule has 0 radical (unpaired) electrons. The Labute approximate surface area is 319 Å². The van der Waals surface area contributed by atoms with Crippen LogP contribution in [0.15, 0.2) is 70.6 Å². The van der Waals surface area contributed by atoms with E-state index in [4.69, 9.17) is 27.8 Å². The third-order valence-corrected chi connectivity index (χ3v) is 13.4. The molecule has 9 heteroatoms. The summed E-state index contributed by atoms with van der Waals surface area (Å²) in [5, 5.41) is 0. The Hall–Kier alpha value is -3.85. The van der Waals surface area contributed by atoms with E-state index in [1.807, 2.05) is 24.3 Å². The molecule has 5 fully saturated rings. The van der Waals surface area contributed by atoms with Gasteiger partial charge < -0.3 is 27.8 Å². The van der Waals surface area contributed by atoms with Gasteiger partial charge in [-0.15, -0.1) is 0 Å². The first-order valence-electron chi connectivity index (χ1n) is 20.5. The summed E-state index contributed by atoms with van der Waals surface area (Å²) in [4.78, 5) is 38.7. The summed E-state index contributed by atoms with van der Waals surface area (Å²) in [7, 11) is 0. The predicted molar refractivity (Wildman–Crippen MR) is 202 cm³/mol. The topological polar surface area (TPSA) is 114 Å². The van der Waals surface area contributed by atoms with Gasteiger partial charge in [-0.2, -0.15) is 0 Å². The molecule has 7 rings (SSSR count). The maximum Gasteiger partial charge on any atom is 0.334 e. The predicted octanol–water partition coefficient (Wildman–Crippen LogP) is 10.2. The van der Waals surface area contributed by atoms with E-state index in [9.17, 15) is 14.4 Å². The van der Waals surface area contributed by atoms with Gasteiger partial charge in [-0.25, -0.2) is 14.4 Å². The zero-order valence-electron chi connectivity index (χ0n) is 32.1. The van der Waals surface area contributed by atoms with E-state index in [1.54, 1.807) is 6.92 Å². The summed E-state index contributed by atoms with van der Waals surface area (Å²) in [6.07, 6.45) is 18.3. The molecule has 0 amide bonds. The number of rotatable bonds is 13. The zero-order valence-corrected chi connectivity index (χ0v) is 32.1. The molecule has 6 atom stereocenters. The molecule has 2 aromatic heterocycles. The molecular weight excluding hydrogens is 684 g/mol. The van der Waals surface area contributed by atoms with Crippen molar-refractivity contribution in [1.29, 1.82) is 0 Å². The highest BCUT2D eigenvalue weighted by atomic mass is 16.6. The summed E-state index contributed by atoms with van der Waals surface area (Å²) < 4.78 is 38.7. The second-order valence-electron chi connectivity index (χ2n) is 16.7. The standard InChI is InChI=1S/C45H58O9/c1-5-40(46)52-43(24-10-7-11-25-43)37-22-21-36(51-37)32-14-12-26-44(29-32,54-42(48)30(3)4)38-23-20-35(50-38)31-18-19-34(28-31)45(53-41(47)6-2,33-15-8-9-16-33)39-17-13-27-49-39/h5-6,20-23,31-34,39H,1-3,7-19,24-29H2,4H3. The average Bonchev–Trinajstić information content (AvgIpc) is 4.02. The quantitative estimate of drug-likeness (QED) is 0.112. The van der Waals surface area contributed by atoms with E-state index < -0.39 is 28.7 Å². The van der Waals surface area contributed by atoms with Gasteiger partial charge in [-0.05, 0) is 121 Å². The molecule has 0 bridgehead atoms. The molecule has 1 saturated heterocycles. The first kappa shape index (κ1) is 38.4. The fraction of sp³-hybridized carbons (Fsp3) is 0.622. The third-order valence-electron chi connectivity index (χ3n) is 13.4. The van der Waals surface area contributed by atoms with Gasteiger partial charge in [0, 0.05) is 54.4 Å². The SMILES string of the molecule is C=CC(=O)OC1(c2ccc(C3CCCC(OC(=O)C(=C)C)(c4ccc(C5CCC(C(OC(=O)C=C)(C6CCCC6)C6CCCO6)C5)o4)C3)o2)CCCCC1. The van der Waals surface area contributed by atoms with Crippen molar-refractivity contribution < 1.29 is 42.2 Å². The van der Waals surface area contributed by atoms with Crippen LogP contribution >= 0.6 is 0 Å². The van der Waals surface area contributed by atoms with Crippen molar-refractivity contribution in [3.63, 3.8) is 0 Å². The van der Waals surface area contributed by atoms with E-state index in [0.29, 0.717) is 49.4 Å². The number of hydrogen-bond acceptors (Lipinski definition) is 9. The van der Waals surface area contributed by atoms with Crippen LogP contribution in [-0.4, -0.2) is 36.2 Å². The number of esters is 3. The molecule has 0 aromatic carbocycles. The van der Waals surface area contributed by atoms with E-state index in [2.05, 4.69) is 19.7 Å². The Balaban J connectivity index is 1.15. The Kier molecular flexibility index (Phi) is 11.5. The first-order valence-corrected chi connectivity index (χ1v) is 20.5. The number of ether oxygens (including phenoxy) is 4. The Bertz CT molecular complexity index is 1680. The van der Waals surface area contributed by atoms with Crippen molar-refractivity contribution in [3.05, 3.63) is 84.8 Å². The summed E-state index contributed by atoms with van der Waals surface area (Å²) >= 11 is 0. The fourth-order valence-corrected chi connectivity index (χ4v) is 10.8. The third kappa shape index (κ3) is 7.42. The maximum absolute atomic E-state index is 13.3. The van der Waals surface area contributed by atoms with Gasteiger partial charge in [-0.1, -0.05) is 39.0 Å². The van der Waals surface area contributed by atoms with Crippen LogP contribution in [0.1, 0.15) is 157 Å². The van der Waals surface area contributed by atoms with Gasteiger partial charge in [0.2, 0.25) is 0 Å². The molecule has 9 nitrogen and oxygen atoms in total. The number of furan rings is 2. The minimum Gasteiger partial charge on any atom is -0.462 e. The van der Waals surface area contributed by atoms with Crippen LogP contribution in [0.4, 0.5) is 0 Å². The molecule has 54 heavy (non-hydrogen) atoms.